The zero-order valence-corrected chi connectivity index (χ0v) is 14.8. The first-order valence-electron chi connectivity index (χ1n) is 7.48. The van der Waals surface area contributed by atoms with Gasteiger partial charge in [-0.25, -0.2) is 4.99 Å². The first-order chi connectivity index (χ1) is 11.3. The highest BCUT2D eigenvalue weighted by atomic mass is 35.5. The molecule has 0 aromatic heterocycles. The summed E-state index contributed by atoms with van der Waals surface area (Å²) in [5.74, 6) is 1.83. The second-order valence-corrected chi connectivity index (χ2v) is 5.94. The van der Waals surface area contributed by atoms with Gasteiger partial charge in [-0.3, -0.25) is 4.90 Å². The van der Waals surface area contributed by atoms with Gasteiger partial charge in [-0.2, -0.15) is 4.99 Å². The highest BCUT2D eigenvalue weighted by molar-refractivity contribution is 6.05. The summed E-state index contributed by atoms with van der Waals surface area (Å²) >= 11 is 0. The Morgan fingerprint density at radius 2 is 1.64 bits per heavy atom. The molecule has 8 heteroatoms. The van der Waals surface area contributed by atoms with E-state index in [1.165, 1.54) is 0 Å². The number of aliphatic imine (C=N–C) groups is 2. The molecule has 2 aromatic rings. The maximum atomic E-state index is 6.06. The van der Waals surface area contributed by atoms with Gasteiger partial charge in [0.05, 0.1) is 0 Å². The van der Waals surface area contributed by atoms with Crippen LogP contribution in [-0.2, 0) is 0 Å². The average molecular weight is 361 g/mol. The van der Waals surface area contributed by atoms with Crippen LogP contribution in [0.15, 0.2) is 58.5 Å². The van der Waals surface area contributed by atoms with Crippen molar-refractivity contribution in [3.05, 3.63) is 48.5 Å². The van der Waals surface area contributed by atoms with Crippen LogP contribution in [0, 0.1) is 0 Å². The summed E-state index contributed by atoms with van der Waals surface area (Å²) in [5.41, 5.74) is 18.3. The van der Waals surface area contributed by atoms with Crippen molar-refractivity contribution < 1.29 is 4.74 Å². The van der Waals surface area contributed by atoms with Crippen molar-refractivity contribution >= 4 is 35.7 Å². The lowest BCUT2D eigenvalue weighted by atomic mass is 10.1. The second kappa shape index (κ2) is 6.90. The zero-order valence-electron chi connectivity index (χ0n) is 14.0. The van der Waals surface area contributed by atoms with Gasteiger partial charge in [0.1, 0.15) is 17.2 Å². The van der Waals surface area contributed by atoms with Crippen LogP contribution in [0.2, 0.25) is 0 Å². The molecule has 1 heterocycles. The fraction of sp³-hybridized carbons (Fsp3) is 0.176. The zero-order chi connectivity index (χ0) is 17.3. The summed E-state index contributed by atoms with van der Waals surface area (Å²) in [7, 11) is 0. The number of ether oxygens (including phenoxy) is 1. The van der Waals surface area contributed by atoms with Crippen LogP contribution in [0.1, 0.15) is 13.8 Å². The standard InChI is InChI=1S/C17H20N6O.ClH/c1-17(2)22-15(19)21-16(20)23(17)12-4-3-5-14(10-12)24-13-8-6-11(18)7-9-13;/h3-10H,18H2,1-2H3,(H4,19,20,21,22);1H. The van der Waals surface area contributed by atoms with Crippen molar-refractivity contribution in [3.8, 4) is 11.5 Å². The molecule has 7 nitrogen and oxygen atoms in total. The van der Waals surface area contributed by atoms with Crippen molar-refractivity contribution in [1.29, 1.82) is 0 Å². The lowest BCUT2D eigenvalue weighted by Crippen LogP contribution is -2.54. The summed E-state index contributed by atoms with van der Waals surface area (Å²) in [6.07, 6.45) is 0. The van der Waals surface area contributed by atoms with Crippen LogP contribution in [-0.4, -0.2) is 17.6 Å². The molecule has 25 heavy (non-hydrogen) atoms. The SMILES string of the molecule is CC1(C)N=C(N)N=C(N)N1c1cccc(Oc2ccc(N)cc2)c1.Cl. The van der Waals surface area contributed by atoms with E-state index in [9.17, 15) is 0 Å². The molecule has 0 atom stereocenters. The number of halogens is 1. The summed E-state index contributed by atoms with van der Waals surface area (Å²) in [5, 5.41) is 0. The van der Waals surface area contributed by atoms with Crippen molar-refractivity contribution in [2.75, 3.05) is 10.6 Å². The molecule has 0 radical (unpaired) electrons. The molecule has 1 aliphatic rings. The molecule has 0 fully saturated rings. The van der Waals surface area contributed by atoms with Gasteiger partial charge >= 0.3 is 0 Å². The average Bonchev–Trinajstić information content (AvgIpc) is 2.48. The largest absolute Gasteiger partial charge is 0.457 e. The second-order valence-electron chi connectivity index (χ2n) is 5.94. The van der Waals surface area contributed by atoms with E-state index in [0.717, 1.165) is 5.69 Å². The predicted octanol–water partition coefficient (Wildman–Crippen LogP) is 2.67. The van der Waals surface area contributed by atoms with Gasteiger partial charge in [0.15, 0.2) is 0 Å². The maximum absolute atomic E-state index is 6.06. The molecule has 0 amide bonds. The van der Waals surface area contributed by atoms with E-state index >= 15 is 0 Å². The summed E-state index contributed by atoms with van der Waals surface area (Å²) < 4.78 is 5.87. The molecule has 0 aliphatic carbocycles. The summed E-state index contributed by atoms with van der Waals surface area (Å²) in [6, 6.07) is 14.7. The van der Waals surface area contributed by atoms with Gasteiger partial charge in [0.25, 0.3) is 0 Å². The Kier molecular flexibility index (Phi) is 5.08. The Balaban J connectivity index is 0.00000225. The molecule has 0 bridgehead atoms. The number of guanidine groups is 2. The Morgan fingerprint density at radius 3 is 2.28 bits per heavy atom. The molecule has 0 saturated carbocycles. The molecule has 0 spiro atoms. The topological polar surface area (TPSA) is 115 Å². The molecule has 0 unspecified atom stereocenters. The lowest BCUT2D eigenvalue weighted by molar-refractivity contribution is 0.481. The molecule has 1 aliphatic heterocycles. The minimum Gasteiger partial charge on any atom is -0.457 e. The minimum atomic E-state index is -0.643. The molecule has 3 rings (SSSR count). The van der Waals surface area contributed by atoms with Gasteiger partial charge in [-0.05, 0) is 50.2 Å². The normalized spacial score (nSPS) is 15.7. The molecule has 132 valence electrons. The highest BCUT2D eigenvalue weighted by Gasteiger charge is 2.33. The molecule has 6 N–H and O–H groups in total. The fourth-order valence-corrected chi connectivity index (χ4v) is 2.61. The third kappa shape index (κ3) is 3.95. The quantitative estimate of drug-likeness (QED) is 0.728. The van der Waals surface area contributed by atoms with Crippen molar-refractivity contribution in [2.24, 2.45) is 21.5 Å². The van der Waals surface area contributed by atoms with Gasteiger partial charge in [-0.15, -0.1) is 12.4 Å². The summed E-state index contributed by atoms with van der Waals surface area (Å²) in [6.45, 7) is 3.82. The molecular weight excluding hydrogens is 340 g/mol. The van der Waals surface area contributed by atoms with Crippen LogP contribution in [0.25, 0.3) is 0 Å². The van der Waals surface area contributed by atoms with Gasteiger partial charge in [-0.1, -0.05) is 6.07 Å². The number of nitrogen functional groups attached to an aromatic ring is 1. The Hall–Kier alpha value is -2.93. The van der Waals surface area contributed by atoms with Crippen LogP contribution in [0.5, 0.6) is 11.5 Å². The number of nitrogens with zero attached hydrogens (tertiary/aromatic N) is 3. The van der Waals surface area contributed by atoms with Crippen molar-refractivity contribution in [1.82, 2.24) is 0 Å². The number of rotatable bonds is 3. The van der Waals surface area contributed by atoms with Gasteiger partial charge in [0.2, 0.25) is 11.9 Å². The Bertz CT molecular complexity index is 816. The number of hydrogen-bond donors (Lipinski definition) is 3. The first-order valence-corrected chi connectivity index (χ1v) is 7.48. The third-order valence-corrected chi connectivity index (χ3v) is 3.59. The number of benzene rings is 2. The van der Waals surface area contributed by atoms with Crippen LogP contribution >= 0.6 is 12.4 Å². The van der Waals surface area contributed by atoms with E-state index < -0.39 is 5.66 Å². The highest BCUT2D eigenvalue weighted by Crippen LogP contribution is 2.31. The van der Waals surface area contributed by atoms with Gasteiger partial charge < -0.3 is 21.9 Å². The van der Waals surface area contributed by atoms with E-state index in [-0.39, 0.29) is 24.3 Å². The molecule has 0 saturated heterocycles. The number of nitrogens with two attached hydrogens (primary N) is 3. The van der Waals surface area contributed by atoms with Crippen LogP contribution in [0.4, 0.5) is 11.4 Å². The van der Waals surface area contributed by atoms with Crippen molar-refractivity contribution in [3.63, 3.8) is 0 Å². The monoisotopic (exact) mass is 360 g/mol. The summed E-state index contributed by atoms with van der Waals surface area (Å²) in [4.78, 5) is 10.2. The fourth-order valence-electron chi connectivity index (χ4n) is 2.61. The van der Waals surface area contributed by atoms with Gasteiger partial charge in [0, 0.05) is 17.4 Å². The Morgan fingerprint density at radius 1 is 0.960 bits per heavy atom. The first kappa shape index (κ1) is 18.4. The van der Waals surface area contributed by atoms with E-state index in [1.807, 2.05) is 50.2 Å². The van der Waals surface area contributed by atoms with E-state index in [2.05, 4.69) is 9.98 Å². The molecule has 2 aromatic carbocycles. The number of hydrogen-bond acceptors (Lipinski definition) is 7. The molecular formula is C17H21ClN6O. The predicted molar refractivity (Wildman–Crippen MR) is 104 cm³/mol. The maximum Gasteiger partial charge on any atom is 0.220 e. The Labute approximate surface area is 152 Å². The smallest absolute Gasteiger partial charge is 0.220 e. The van der Waals surface area contributed by atoms with Crippen molar-refractivity contribution in [2.45, 2.75) is 19.5 Å². The van der Waals surface area contributed by atoms with Crippen LogP contribution < -0.4 is 26.8 Å². The minimum absolute atomic E-state index is 0. The third-order valence-electron chi connectivity index (χ3n) is 3.59. The van der Waals surface area contributed by atoms with E-state index in [4.69, 9.17) is 21.9 Å². The lowest BCUT2D eigenvalue weighted by Gasteiger charge is -2.38. The number of anilines is 2. The van der Waals surface area contributed by atoms with E-state index in [0.29, 0.717) is 17.2 Å². The van der Waals surface area contributed by atoms with E-state index in [1.54, 1.807) is 17.0 Å². The van der Waals surface area contributed by atoms with Crippen LogP contribution in [0.3, 0.4) is 0 Å².